The molecule has 1 aliphatic rings. The molecule has 5 heteroatoms. The minimum Gasteiger partial charge on any atom is -0.266 e. The fourth-order valence-electron chi connectivity index (χ4n) is 2.65. The summed E-state index contributed by atoms with van der Waals surface area (Å²) in [5.74, 6) is -0.158. The predicted octanol–water partition coefficient (Wildman–Crippen LogP) is 5.32. The maximum atomic E-state index is 12.9. The van der Waals surface area contributed by atoms with Crippen LogP contribution in [-0.2, 0) is 11.2 Å². The smallest absolute Gasteiger partial charge is 0.266 e. The highest BCUT2D eigenvalue weighted by Crippen LogP contribution is 2.33. The van der Waals surface area contributed by atoms with Gasteiger partial charge >= 0.3 is 0 Å². The van der Waals surface area contributed by atoms with E-state index in [9.17, 15) is 4.79 Å². The lowest BCUT2D eigenvalue weighted by atomic mass is 10.1. The molecule has 0 unspecified atom stereocenters. The first-order valence-electron chi connectivity index (χ1n) is 8.07. The summed E-state index contributed by atoms with van der Waals surface area (Å²) in [5.41, 5.74) is 4.36. The van der Waals surface area contributed by atoms with Gasteiger partial charge in [-0.25, -0.2) is 4.99 Å². The lowest BCUT2D eigenvalue weighted by molar-refractivity contribution is -0.113. The number of amidine groups is 1. The van der Waals surface area contributed by atoms with Crippen molar-refractivity contribution in [2.75, 3.05) is 11.2 Å². The van der Waals surface area contributed by atoms with Gasteiger partial charge in [0.1, 0.15) is 5.70 Å². The number of thioether (sulfide) groups is 1. The SMILES string of the molecule is CCc1ccc(C=C2N=C(SC)N(c3ccc(C)cc3Cl)C2=O)cc1. The van der Waals surface area contributed by atoms with Crippen LogP contribution in [-0.4, -0.2) is 17.3 Å². The van der Waals surface area contributed by atoms with Gasteiger partial charge in [0, 0.05) is 0 Å². The number of amides is 1. The van der Waals surface area contributed by atoms with E-state index in [-0.39, 0.29) is 5.91 Å². The predicted molar refractivity (Wildman–Crippen MR) is 108 cm³/mol. The van der Waals surface area contributed by atoms with Gasteiger partial charge in [-0.3, -0.25) is 9.69 Å². The number of aliphatic imine (C=N–C) groups is 1. The second kappa shape index (κ2) is 7.46. The molecule has 1 amide bonds. The van der Waals surface area contributed by atoms with E-state index < -0.39 is 0 Å². The van der Waals surface area contributed by atoms with Crippen LogP contribution in [0.1, 0.15) is 23.6 Å². The lowest BCUT2D eigenvalue weighted by Crippen LogP contribution is -2.30. The zero-order valence-electron chi connectivity index (χ0n) is 14.4. The van der Waals surface area contributed by atoms with E-state index in [1.807, 2.05) is 49.6 Å². The molecule has 0 atom stereocenters. The number of hydrogen-bond acceptors (Lipinski definition) is 3. The normalized spacial score (nSPS) is 15.8. The maximum Gasteiger partial charge on any atom is 0.283 e. The molecule has 0 N–H and O–H groups in total. The van der Waals surface area contributed by atoms with Gasteiger partial charge in [-0.15, -0.1) is 0 Å². The Morgan fingerprint density at radius 1 is 1.20 bits per heavy atom. The summed E-state index contributed by atoms with van der Waals surface area (Å²) >= 11 is 7.79. The number of halogens is 1. The van der Waals surface area contributed by atoms with Crippen LogP contribution in [0.25, 0.3) is 6.08 Å². The first-order valence-corrected chi connectivity index (χ1v) is 9.67. The van der Waals surface area contributed by atoms with Crippen molar-refractivity contribution in [2.45, 2.75) is 20.3 Å². The molecule has 128 valence electrons. The Morgan fingerprint density at radius 3 is 2.52 bits per heavy atom. The van der Waals surface area contributed by atoms with Crippen molar-refractivity contribution in [3.8, 4) is 0 Å². The summed E-state index contributed by atoms with van der Waals surface area (Å²) in [5, 5.41) is 1.18. The second-order valence-electron chi connectivity index (χ2n) is 5.82. The molecule has 2 aromatic carbocycles. The van der Waals surface area contributed by atoms with Gasteiger partial charge in [-0.1, -0.05) is 60.6 Å². The molecule has 0 saturated carbocycles. The first-order chi connectivity index (χ1) is 12.0. The molecule has 0 spiro atoms. The largest absolute Gasteiger partial charge is 0.283 e. The van der Waals surface area contributed by atoms with Gasteiger partial charge < -0.3 is 0 Å². The molecule has 0 aromatic heterocycles. The highest BCUT2D eigenvalue weighted by Gasteiger charge is 2.32. The number of carbonyl (C=O) groups is 1. The van der Waals surface area contributed by atoms with E-state index in [1.165, 1.54) is 17.3 Å². The number of anilines is 1. The zero-order chi connectivity index (χ0) is 18.0. The van der Waals surface area contributed by atoms with E-state index in [0.29, 0.717) is 21.6 Å². The number of rotatable bonds is 3. The topological polar surface area (TPSA) is 32.7 Å². The molecular weight excluding hydrogens is 352 g/mol. The summed E-state index contributed by atoms with van der Waals surface area (Å²) in [7, 11) is 0. The van der Waals surface area contributed by atoms with Crippen molar-refractivity contribution < 1.29 is 4.79 Å². The summed E-state index contributed by atoms with van der Waals surface area (Å²) < 4.78 is 0. The molecule has 3 nitrogen and oxygen atoms in total. The van der Waals surface area contributed by atoms with Gasteiger partial charge in [-0.2, -0.15) is 0 Å². The van der Waals surface area contributed by atoms with Crippen LogP contribution in [0.5, 0.6) is 0 Å². The third-order valence-corrected chi connectivity index (χ3v) is 4.99. The van der Waals surface area contributed by atoms with E-state index in [4.69, 9.17) is 11.6 Å². The van der Waals surface area contributed by atoms with Gasteiger partial charge in [0.15, 0.2) is 5.17 Å². The molecule has 3 rings (SSSR count). The molecule has 25 heavy (non-hydrogen) atoms. The summed E-state index contributed by atoms with van der Waals surface area (Å²) in [6.07, 6.45) is 4.71. The molecule has 0 radical (unpaired) electrons. The summed E-state index contributed by atoms with van der Waals surface area (Å²) in [6, 6.07) is 13.8. The number of hydrogen-bond donors (Lipinski definition) is 0. The molecule has 0 fully saturated rings. The van der Waals surface area contributed by atoms with Gasteiger partial charge in [0.2, 0.25) is 0 Å². The Morgan fingerprint density at radius 2 is 1.92 bits per heavy atom. The Balaban J connectivity index is 1.97. The first kappa shape index (κ1) is 17.8. The highest BCUT2D eigenvalue weighted by atomic mass is 35.5. The van der Waals surface area contributed by atoms with Crippen LogP contribution >= 0.6 is 23.4 Å². The zero-order valence-corrected chi connectivity index (χ0v) is 16.0. The van der Waals surface area contributed by atoms with Gasteiger partial charge in [0.05, 0.1) is 10.7 Å². The number of benzene rings is 2. The number of aryl methyl sites for hydroxylation is 2. The average Bonchev–Trinajstić information content (AvgIpc) is 2.91. The highest BCUT2D eigenvalue weighted by molar-refractivity contribution is 8.13. The second-order valence-corrected chi connectivity index (χ2v) is 7.00. The third-order valence-electron chi connectivity index (χ3n) is 4.05. The fraction of sp³-hybridized carbons (Fsp3) is 0.200. The summed E-state index contributed by atoms with van der Waals surface area (Å²) in [4.78, 5) is 19.0. The molecule has 0 saturated heterocycles. The quantitative estimate of drug-likeness (QED) is 0.685. The van der Waals surface area contributed by atoms with E-state index >= 15 is 0 Å². The lowest BCUT2D eigenvalue weighted by Gasteiger charge is -2.18. The number of nitrogens with zero attached hydrogens (tertiary/aromatic N) is 2. The maximum absolute atomic E-state index is 12.9. The standard InChI is InChI=1S/C20H19ClN2OS/c1-4-14-6-8-15(9-7-14)12-17-19(24)23(20(22-17)25-3)18-10-5-13(2)11-16(18)21/h5-12H,4H2,1-3H3. The van der Waals surface area contributed by atoms with Crippen LogP contribution < -0.4 is 4.90 Å². The van der Waals surface area contributed by atoms with Crippen LogP contribution in [0.4, 0.5) is 5.69 Å². The van der Waals surface area contributed by atoms with E-state index in [2.05, 4.69) is 24.0 Å². The minimum absolute atomic E-state index is 0.158. The summed E-state index contributed by atoms with van der Waals surface area (Å²) in [6.45, 7) is 4.09. The van der Waals surface area contributed by atoms with Crippen LogP contribution in [0, 0.1) is 6.92 Å². The molecule has 0 bridgehead atoms. The molecule has 1 aliphatic heterocycles. The minimum atomic E-state index is -0.158. The fourth-order valence-corrected chi connectivity index (χ4v) is 3.52. The van der Waals surface area contributed by atoms with Crippen LogP contribution in [0.2, 0.25) is 5.02 Å². The van der Waals surface area contributed by atoms with Crippen molar-refractivity contribution in [3.05, 3.63) is 69.9 Å². The van der Waals surface area contributed by atoms with Crippen LogP contribution in [0.15, 0.2) is 53.2 Å². The van der Waals surface area contributed by atoms with Crippen LogP contribution in [0.3, 0.4) is 0 Å². The molecule has 2 aromatic rings. The Bertz CT molecular complexity index is 872. The average molecular weight is 371 g/mol. The van der Waals surface area contributed by atoms with Gasteiger partial charge in [-0.05, 0) is 54.5 Å². The number of carbonyl (C=O) groups excluding carboxylic acids is 1. The molecule has 1 heterocycles. The van der Waals surface area contributed by atoms with Crippen molar-refractivity contribution in [1.29, 1.82) is 0 Å². The Labute approximate surface area is 157 Å². The van der Waals surface area contributed by atoms with E-state index in [0.717, 1.165) is 17.5 Å². The van der Waals surface area contributed by atoms with E-state index in [1.54, 1.807) is 4.90 Å². The third kappa shape index (κ3) is 3.65. The van der Waals surface area contributed by atoms with Crippen molar-refractivity contribution in [1.82, 2.24) is 0 Å². The Kier molecular flexibility index (Phi) is 5.30. The molecular formula is C20H19ClN2OS. The monoisotopic (exact) mass is 370 g/mol. The Hall–Kier alpha value is -2.04. The van der Waals surface area contributed by atoms with Crippen molar-refractivity contribution in [3.63, 3.8) is 0 Å². The van der Waals surface area contributed by atoms with Crippen molar-refractivity contribution >= 4 is 46.2 Å². The van der Waals surface area contributed by atoms with Crippen molar-refractivity contribution in [2.24, 2.45) is 4.99 Å². The van der Waals surface area contributed by atoms with Gasteiger partial charge in [0.25, 0.3) is 5.91 Å². The molecule has 0 aliphatic carbocycles.